The zero-order chi connectivity index (χ0) is 15.0. The van der Waals surface area contributed by atoms with Gasteiger partial charge in [-0.25, -0.2) is 8.78 Å². The van der Waals surface area contributed by atoms with Crippen LogP contribution in [0.25, 0.3) is 5.70 Å². The Morgan fingerprint density at radius 1 is 1.29 bits per heavy atom. The summed E-state index contributed by atoms with van der Waals surface area (Å²) >= 11 is 0. The maximum atomic E-state index is 13.4. The number of nitrogens with zero attached hydrogens (tertiary/aromatic N) is 1. The first-order valence-corrected chi connectivity index (χ1v) is 7.17. The Kier molecular flexibility index (Phi) is 3.53. The third-order valence-corrected chi connectivity index (χ3v) is 4.04. The summed E-state index contributed by atoms with van der Waals surface area (Å²) in [5.74, 6) is -1.64. The van der Waals surface area contributed by atoms with E-state index in [1.807, 2.05) is 6.08 Å². The number of hydrogen-bond acceptors (Lipinski definition) is 2. The van der Waals surface area contributed by atoms with Gasteiger partial charge in [0.05, 0.1) is 0 Å². The summed E-state index contributed by atoms with van der Waals surface area (Å²) in [5, 5.41) is 3.38. The quantitative estimate of drug-likeness (QED) is 0.896. The molecular weight excluding hydrogens is 270 g/mol. The minimum Gasteiger partial charge on any atom is -0.378 e. The van der Waals surface area contributed by atoms with Crippen LogP contribution in [0.4, 0.5) is 8.78 Å². The molecule has 21 heavy (non-hydrogen) atoms. The second-order valence-electron chi connectivity index (χ2n) is 5.41. The highest BCUT2D eigenvalue weighted by Gasteiger charge is 2.23. The Labute approximate surface area is 123 Å². The van der Waals surface area contributed by atoms with Crippen LogP contribution in [0.5, 0.6) is 0 Å². The van der Waals surface area contributed by atoms with Crippen molar-refractivity contribution in [1.29, 1.82) is 0 Å². The zero-order valence-electron chi connectivity index (χ0n) is 12.2. The Morgan fingerprint density at radius 2 is 2.10 bits per heavy atom. The highest BCUT2D eigenvalue weighted by atomic mass is 19.2. The summed E-state index contributed by atoms with van der Waals surface area (Å²) in [5.41, 5.74) is 3.98. The largest absolute Gasteiger partial charge is 0.378 e. The maximum Gasteiger partial charge on any atom is 0.159 e. The molecule has 1 N–H and O–H groups in total. The SMILES string of the molecule is CCN1C=CC2=C(C1)C(C)NC(c1ccc(F)c(F)c1)=C2. The second kappa shape index (κ2) is 5.35. The van der Waals surface area contributed by atoms with E-state index in [4.69, 9.17) is 0 Å². The molecule has 1 aromatic carbocycles. The van der Waals surface area contributed by atoms with Crippen LogP contribution in [0, 0.1) is 11.6 Å². The fraction of sp³-hybridized carbons (Fsp3) is 0.294. The number of rotatable bonds is 2. The van der Waals surface area contributed by atoms with Crippen LogP contribution < -0.4 is 5.32 Å². The molecule has 110 valence electrons. The number of hydrogen-bond donors (Lipinski definition) is 1. The van der Waals surface area contributed by atoms with Crippen LogP contribution in [0.15, 0.2) is 47.7 Å². The molecule has 0 saturated heterocycles. The minimum absolute atomic E-state index is 0.173. The normalized spacial score (nSPS) is 21.0. The Hall–Kier alpha value is -2.10. The molecule has 1 atom stereocenters. The molecule has 0 spiro atoms. The van der Waals surface area contributed by atoms with Crippen LogP contribution >= 0.6 is 0 Å². The van der Waals surface area contributed by atoms with Crippen molar-refractivity contribution in [3.05, 3.63) is 64.9 Å². The molecule has 3 rings (SSSR count). The van der Waals surface area contributed by atoms with Crippen molar-refractivity contribution in [2.75, 3.05) is 13.1 Å². The van der Waals surface area contributed by atoms with Gasteiger partial charge < -0.3 is 10.2 Å². The lowest BCUT2D eigenvalue weighted by Gasteiger charge is -2.33. The fourth-order valence-corrected chi connectivity index (χ4v) is 2.75. The van der Waals surface area contributed by atoms with Crippen LogP contribution in [-0.2, 0) is 0 Å². The van der Waals surface area contributed by atoms with Gasteiger partial charge in [0.15, 0.2) is 11.6 Å². The topological polar surface area (TPSA) is 15.3 Å². The summed E-state index contributed by atoms with van der Waals surface area (Å²) in [6.45, 7) is 6.09. The predicted molar refractivity (Wildman–Crippen MR) is 80.3 cm³/mol. The van der Waals surface area contributed by atoms with E-state index in [9.17, 15) is 8.78 Å². The fourth-order valence-electron chi connectivity index (χ4n) is 2.75. The molecular formula is C17H18F2N2. The van der Waals surface area contributed by atoms with E-state index in [0.717, 1.165) is 30.4 Å². The molecule has 0 bridgehead atoms. The Bertz CT molecular complexity index is 659. The van der Waals surface area contributed by atoms with Gasteiger partial charge in [-0.15, -0.1) is 0 Å². The first-order chi connectivity index (χ1) is 10.1. The number of nitrogens with one attached hydrogen (secondary N) is 1. The highest BCUT2D eigenvalue weighted by molar-refractivity contribution is 5.71. The monoisotopic (exact) mass is 288 g/mol. The standard InChI is InChI=1S/C17H18F2N2/c1-3-21-7-6-12-9-17(20-11(2)14(12)10-21)13-4-5-15(18)16(19)8-13/h4-9,11,20H,3,10H2,1-2H3. The average Bonchev–Trinajstić information content (AvgIpc) is 2.49. The maximum absolute atomic E-state index is 13.4. The van der Waals surface area contributed by atoms with Gasteiger partial charge in [0.1, 0.15) is 0 Å². The van der Waals surface area contributed by atoms with Gasteiger partial charge in [-0.1, -0.05) is 0 Å². The van der Waals surface area contributed by atoms with Gasteiger partial charge in [-0.2, -0.15) is 0 Å². The molecule has 0 aromatic heterocycles. The molecule has 1 unspecified atom stereocenters. The third kappa shape index (κ3) is 2.58. The van der Waals surface area contributed by atoms with Gasteiger partial charge in [-0.05, 0) is 61.5 Å². The number of allylic oxidation sites excluding steroid dienone is 3. The van der Waals surface area contributed by atoms with Gasteiger partial charge in [-0.3, -0.25) is 0 Å². The number of benzene rings is 1. The van der Waals surface area contributed by atoms with Crippen molar-refractivity contribution in [3.8, 4) is 0 Å². The van der Waals surface area contributed by atoms with E-state index in [2.05, 4.69) is 36.3 Å². The van der Waals surface area contributed by atoms with E-state index in [-0.39, 0.29) is 6.04 Å². The van der Waals surface area contributed by atoms with Crippen LogP contribution in [0.1, 0.15) is 19.4 Å². The smallest absolute Gasteiger partial charge is 0.159 e. The molecule has 2 aliphatic heterocycles. The predicted octanol–water partition coefficient (Wildman–Crippen LogP) is 3.44. The van der Waals surface area contributed by atoms with Gasteiger partial charge in [0.2, 0.25) is 0 Å². The molecule has 2 aliphatic rings. The average molecular weight is 288 g/mol. The minimum atomic E-state index is -0.820. The molecule has 0 radical (unpaired) electrons. The zero-order valence-corrected chi connectivity index (χ0v) is 12.2. The van der Waals surface area contributed by atoms with Crippen molar-refractivity contribution < 1.29 is 8.78 Å². The third-order valence-electron chi connectivity index (χ3n) is 4.04. The van der Waals surface area contributed by atoms with Gasteiger partial charge in [0, 0.05) is 30.4 Å². The van der Waals surface area contributed by atoms with Crippen molar-refractivity contribution in [1.82, 2.24) is 10.2 Å². The summed E-state index contributed by atoms with van der Waals surface area (Å²) in [4.78, 5) is 2.24. The molecule has 0 saturated carbocycles. The number of halogens is 2. The number of likely N-dealkylation sites (N-methyl/N-ethyl adjacent to an activating group) is 1. The molecule has 1 aromatic rings. The van der Waals surface area contributed by atoms with Crippen molar-refractivity contribution in [2.24, 2.45) is 0 Å². The molecule has 4 heteroatoms. The first kappa shape index (κ1) is 13.9. The molecule has 0 aliphatic carbocycles. The van der Waals surface area contributed by atoms with E-state index in [1.165, 1.54) is 11.6 Å². The van der Waals surface area contributed by atoms with Gasteiger partial charge in [0.25, 0.3) is 0 Å². The Morgan fingerprint density at radius 3 is 2.81 bits per heavy atom. The van der Waals surface area contributed by atoms with Crippen molar-refractivity contribution in [3.63, 3.8) is 0 Å². The lowest BCUT2D eigenvalue weighted by atomic mass is 9.92. The van der Waals surface area contributed by atoms with Crippen LogP contribution in [-0.4, -0.2) is 24.0 Å². The van der Waals surface area contributed by atoms with E-state index in [0.29, 0.717) is 5.56 Å². The number of dihydropyridines is 1. The lowest BCUT2D eigenvalue weighted by molar-refractivity contribution is 0.409. The van der Waals surface area contributed by atoms with Crippen molar-refractivity contribution >= 4 is 5.70 Å². The first-order valence-electron chi connectivity index (χ1n) is 7.17. The molecule has 0 fully saturated rings. The summed E-state index contributed by atoms with van der Waals surface area (Å²) in [6.07, 6.45) is 6.17. The second-order valence-corrected chi connectivity index (χ2v) is 5.41. The van der Waals surface area contributed by atoms with Crippen LogP contribution in [0.3, 0.4) is 0 Å². The lowest BCUT2D eigenvalue weighted by Crippen LogP contribution is -2.37. The van der Waals surface area contributed by atoms with E-state index < -0.39 is 11.6 Å². The van der Waals surface area contributed by atoms with Crippen molar-refractivity contribution in [2.45, 2.75) is 19.9 Å². The summed E-state index contributed by atoms with van der Waals surface area (Å²) in [7, 11) is 0. The summed E-state index contributed by atoms with van der Waals surface area (Å²) in [6, 6.07) is 4.17. The molecule has 2 nitrogen and oxygen atoms in total. The summed E-state index contributed by atoms with van der Waals surface area (Å²) < 4.78 is 26.5. The van der Waals surface area contributed by atoms with E-state index >= 15 is 0 Å². The van der Waals surface area contributed by atoms with Gasteiger partial charge >= 0.3 is 0 Å². The van der Waals surface area contributed by atoms with Crippen LogP contribution in [0.2, 0.25) is 0 Å². The highest BCUT2D eigenvalue weighted by Crippen LogP contribution is 2.28. The van der Waals surface area contributed by atoms with E-state index in [1.54, 1.807) is 6.07 Å². The Balaban J connectivity index is 1.96. The molecule has 2 heterocycles. The molecule has 0 amide bonds.